The minimum atomic E-state index is 0.296. The van der Waals surface area contributed by atoms with E-state index in [4.69, 9.17) is 16.3 Å². The lowest BCUT2D eigenvalue weighted by molar-refractivity contribution is 0.184. The molecule has 0 fully saturated rings. The van der Waals surface area contributed by atoms with Crippen molar-refractivity contribution in [3.8, 4) is 0 Å². The highest BCUT2D eigenvalue weighted by Crippen LogP contribution is 2.23. The summed E-state index contributed by atoms with van der Waals surface area (Å²) in [4.78, 5) is 4.04. The maximum atomic E-state index is 5.80. The van der Waals surface area contributed by atoms with Crippen LogP contribution in [0.1, 0.15) is 13.3 Å². The molecule has 1 aromatic heterocycles. The zero-order valence-electron chi connectivity index (χ0n) is 8.76. The Hall–Kier alpha value is -0.320. The Balaban J connectivity index is 2.66. The van der Waals surface area contributed by atoms with Gasteiger partial charge in [0.2, 0.25) is 0 Å². The summed E-state index contributed by atoms with van der Waals surface area (Å²) in [5, 5.41) is 3.79. The standard InChI is InChI=1S/C10H14BrClN2O/c1-3-7(6-15-2)14-8-4-9(11)10(12)13-5-8/h4-5,7,14H,3,6H2,1-2H3. The van der Waals surface area contributed by atoms with E-state index >= 15 is 0 Å². The summed E-state index contributed by atoms with van der Waals surface area (Å²) >= 11 is 9.13. The molecule has 0 aliphatic heterocycles. The smallest absolute Gasteiger partial charge is 0.143 e. The molecule has 0 spiro atoms. The van der Waals surface area contributed by atoms with Crippen molar-refractivity contribution in [2.75, 3.05) is 19.0 Å². The molecule has 0 aliphatic carbocycles. The van der Waals surface area contributed by atoms with Gasteiger partial charge < -0.3 is 10.1 Å². The van der Waals surface area contributed by atoms with Crippen molar-refractivity contribution < 1.29 is 4.74 Å². The van der Waals surface area contributed by atoms with Crippen LogP contribution < -0.4 is 5.32 Å². The van der Waals surface area contributed by atoms with Crippen LogP contribution in [0, 0.1) is 0 Å². The van der Waals surface area contributed by atoms with Gasteiger partial charge >= 0.3 is 0 Å². The molecule has 1 rings (SSSR count). The van der Waals surface area contributed by atoms with Crippen LogP contribution in [-0.4, -0.2) is 24.7 Å². The van der Waals surface area contributed by atoms with Crippen molar-refractivity contribution in [2.45, 2.75) is 19.4 Å². The third-order valence-corrected chi connectivity index (χ3v) is 3.16. The van der Waals surface area contributed by atoms with E-state index in [-0.39, 0.29) is 0 Å². The van der Waals surface area contributed by atoms with Gasteiger partial charge in [0.15, 0.2) is 0 Å². The number of hydrogen-bond acceptors (Lipinski definition) is 3. The number of rotatable bonds is 5. The molecule has 5 heteroatoms. The highest BCUT2D eigenvalue weighted by Gasteiger charge is 2.07. The molecule has 84 valence electrons. The molecule has 0 amide bonds. The predicted molar refractivity (Wildman–Crippen MR) is 66.5 cm³/mol. The van der Waals surface area contributed by atoms with Crippen molar-refractivity contribution in [1.82, 2.24) is 4.98 Å². The normalized spacial score (nSPS) is 12.5. The Labute approximate surface area is 103 Å². The first-order chi connectivity index (χ1) is 7.17. The second-order valence-corrected chi connectivity index (χ2v) is 4.41. The van der Waals surface area contributed by atoms with Gasteiger partial charge in [0.25, 0.3) is 0 Å². The molecule has 0 saturated carbocycles. The molecule has 1 N–H and O–H groups in total. The summed E-state index contributed by atoms with van der Waals surface area (Å²) in [6.45, 7) is 2.78. The minimum absolute atomic E-state index is 0.296. The molecule has 1 heterocycles. The van der Waals surface area contributed by atoms with E-state index in [0.717, 1.165) is 16.6 Å². The number of pyridine rings is 1. The van der Waals surface area contributed by atoms with Gasteiger partial charge in [0.05, 0.1) is 23.0 Å². The second-order valence-electron chi connectivity index (χ2n) is 3.20. The van der Waals surface area contributed by atoms with E-state index in [1.807, 2.05) is 6.07 Å². The summed E-state index contributed by atoms with van der Waals surface area (Å²) < 4.78 is 5.89. The van der Waals surface area contributed by atoms with Gasteiger partial charge in [-0.2, -0.15) is 0 Å². The van der Waals surface area contributed by atoms with Gasteiger partial charge in [-0.3, -0.25) is 0 Å². The van der Waals surface area contributed by atoms with Crippen molar-refractivity contribution >= 4 is 33.2 Å². The SMILES string of the molecule is CCC(COC)Nc1cnc(Cl)c(Br)c1. The number of ether oxygens (including phenoxy) is 1. The predicted octanol–water partition coefficient (Wildman–Crippen LogP) is 3.33. The quantitative estimate of drug-likeness (QED) is 0.846. The summed E-state index contributed by atoms with van der Waals surface area (Å²) in [6.07, 6.45) is 2.71. The molecule has 15 heavy (non-hydrogen) atoms. The number of hydrogen-bond donors (Lipinski definition) is 1. The van der Waals surface area contributed by atoms with Crippen molar-refractivity contribution in [3.63, 3.8) is 0 Å². The maximum Gasteiger partial charge on any atom is 0.143 e. The molecule has 1 aromatic rings. The van der Waals surface area contributed by atoms with Crippen LogP contribution in [0.15, 0.2) is 16.7 Å². The topological polar surface area (TPSA) is 34.1 Å². The fraction of sp³-hybridized carbons (Fsp3) is 0.500. The number of nitrogens with zero attached hydrogens (tertiary/aromatic N) is 1. The average Bonchev–Trinajstić information content (AvgIpc) is 2.23. The van der Waals surface area contributed by atoms with Gasteiger partial charge in [-0.1, -0.05) is 18.5 Å². The van der Waals surface area contributed by atoms with Gasteiger partial charge in [-0.15, -0.1) is 0 Å². The molecule has 0 saturated heterocycles. The van der Waals surface area contributed by atoms with Crippen LogP contribution in [0.4, 0.5) is 5.69 Å². The van der Waals surface area contributed by atoms with Crippen LogP contribution in [0.25, 0.3) is 0 Å². The van der Waals surface area contributed by atoms with Gasteiger partial charge in [0.1, 0.15) is 5.15 Å². The third kappa shape index (κ3) is 3.97. The monoisotopic (exact) mass is 292 g/mol. The van der Waals surface area contributed by atoms with Crippen molar-refractivity contribution in [2.24, 2.45) is 0 Å². The van der Waals surface area contributed by atoms with E-state index in [9.17, 15) is 0 Å². The summed E-state index contributed by atoms with van der Waals surface area (Å²) in [5.41, 5.74) is 0.940. The van der Waals surface area contributed by atoms with E-state index in [1.54, 1.807) is 13.3 Å². The van der Waals surface area contributed by atoms with E-state index < -0.39 is 0 Å². The summed E-state index contributed by atoms with van der Waals surface area (Å²) in [7, 11) is 1.69. The molecule has 0 radical (unpaired) electrons. The average molecular weight is 294 g/mol. The Morgan fingerprint density at radius 1 is 1.67 bits per heavy atom. The Morgan fingerprint density at radius 2 is 2.40 bits per heavy atom. The first-order valence-electron chi connectivity index (χ1n) is 4.73. The molecule has 1 unspecified atom stereocenters. The fourth-order valence-corrected chi connectivity index (χ4v) is 1.65. The summed E-state index contributed by atoms with van der Waals surface area (Å²) in [5.74, 6) is 0. The van der Waals surface area contributed by atoms with E-state index in [2.05, 4.69) is 33.2 Å². The van der Waals surface area contributed by atoms with E-state index in [1.165, 1.54) is 0 Å². The second kappa shape index (κ2) is 6.30. The van der Waals surface area contributed by atoms with Crippen molar-refractivity contribution in [1.29, 1.82) is 0 Å². The Morgan fingerprint density at radius 3 is 2.93 bits per heavy atom. The first kappa shape index (κ1) is 12.7. The van der Waals surface area contributed by atoms with Crippen molar-refractivity contribution in [3.05, 3.63) is 21.9 Å². The molecular formula is C10H14BrClN2O. The highest BCUT2D eigenvalue weighted by atomic mass is 79.9. The lowest BCUT2D eigenvalue weighted by atomic mass is 10.2. The Bertz CT molecular complexity index is 322. The molecular weight excluding hydrogens is 279 g/mol. The molecule has 0 bridgehead atoms. The van der Waals surface area contributed by atoms with Crippen LogP contribution in [0.5, 0.6) is 0 Å². The maximum absolute atomic E-state index is 5.80. The van der Waals surface area contributed by atoms with Crippen LogP contribution in [-0.2, 0) is 4.74 Å². The number of halogens is 2. The van der Waals surface area contributed by atoms with Crippen LogP contribution >= 0.6 is 27.5 Å². The number of anilines is 1. The zero-order chi connectivity index (χ0) is 11.3. The lowest BCUT2D eigenvalue weighted by Crippen LogP contribution is -2.23. The molecule has 1 atom stereocenters. The number of nitrogens with one attached hydrogen (secondary N) is 1. The fourth-order valence-electron chi connectivity index (χ4n) is 1.20. The molecule has 3 nitrogen and oxygen atoms in total. The van der Waals surface area contributed by atoms with Gasteiger partial charge in [-0.25, -0.2) is 4.98 Å². The molecule has 0 aromatic carbocycles. The number of methoxy groups -OCH3 is 1. The largest absolute Gasteiger partial charge is 0.383 e. The van der Waals surface area contributed by atoms with Crippen LogP contribution in [0.2, 0.25) is 5.15 Å². The zero-order valence-corrected chi connectivity index (χ0v) is 11.1. The highest BCUT2D eigenvalue weighted by molar-refractivity contribution is 9.10. The molecule has 0 aliphatic rings. The Kier molecular flexibility index (Phi) is 5.36. The first-order valence-corrected chi connectivity index (χ1v) is 5.91. The third-order valence-electron chi connectivity index (χ3n) is 2.03. The minimum Gasteiger partial charge on any atom is -0.383 e. The summed E-state index contributed by atoms with van der Waals surface area (Å²) in [6, 6.07) is 2.21. The van der Waals surface area contributed by atoms with Gasteiger partial charge in [-0.05, 0) is 28.4 Å². The van der Waals surface area contributed by atoms with Gasteiger partial charge in [0, 0.05) is 13.2 Å². The van der Waals surface area contributed by atoms with Crippen LogP contribution in [0.3, 0.4) is 0 Å². The van der Waals surface area contributed by atoms with E-state index in [0.29, 0.717) is 17.8 Å². The lowest BCUT2D eigenvalue weighted by Gasteiger charge is -2.17. The number of aromatic nitrogens is 1.